The number of methoxy groups -OCH3 is 1. The first-order valence-electron chi connectivity index (χ1n) is 9.88. The Balaban J connectivity index is 2.17. The third kappa shape index (κ3) is 5.86. The van der Waals surface area contributed by atoms with E-state index < -0.39 is 35.8 Å². The van der Waals surface area contributed by atoms with Crippen LogP contribution in [-0.2, 0) is 28.5 Å². The van der Waals surface area contributed by atoms with Gasteiger partial charge in [-0.3, -0.25) is 9.59 Å². The molecule has 0 aromatic carbocycles. The number of hydrogen-bond donors (Lipinski definition) is 0. The minimum Gasteiger partial charge on any atom is -0.464 e. The van der Waals surface area contributed by atoms with Crippen LogP contribution in [0, 0.1) is 17.3 Å². The molecule has 2 aliphatic rings. The van der Waals surface area contributed by atoms with E-state index in [1.54, 1.807) is 7.11 Å². The molecule has 162 valence electrons. The molecule has 6 nitrogen and oxygen atoms in total. The molecule has 0 aromatic heterocycles. The number of carbonyl (C=O) groups excluding carboxylic acids is 2. The van der Waals surface area contributed by atoms with Gasteiger partial charge < -0.3 is 18.9 Å². The monoisotopic (exact) mass is 406 g/mol. The van der Waals surface area contributed by atoms with E-state index in [0.29, 0.717) is 38.0 Å². The van der Waals surface area contributed by atoms with Crippen LogP contribution in [0.2, 0.25) is 0 Å². The zero-order chi connectivity index (χ0) is 21.0. The summed E-state index contributed by atoms with van der Waals surface area (Å²) in [6, 6.07) is 0. The molecule has 2 rings (SSSR count). The second-order valence-corrected chi connectivity index (χ2v) is 8.68. The first-order chi connectivity index (χ1) is 13.0. The van der Waals surface area contributed by atoms with Crippen molar-refractivity contribution < 1.29 is 37.3 Å². The Morgan fingerprint density at radius 1 is 1.29 bits per heavy atom. The number of ether oxygens (including phenoxy) is 4. The molecule has 5 unspecified atom stereocenters. The third-order valence-corrected chi connectivity index (χ3v) is 6.11. The minimum absolute atomic E-state index is 0.190. The van der Waals surface area contributed by atoms with Gasteiger partial charge in [0.25, 0.3) is 6.47 Å². The van der Waals surface area contributed by atoms with Crippen LogP contribution in [0.3, 0.4) is 0 Å². The van der Waals surface area contributed by atoms with E-state index in [9.17, 15) is 18.4 Å². The summed E-state index contributed by atoms with van der Waals surface area (Å²) in [7, 11) is 1.65. The number of fused-ring (bicyclic) bond motifs is 2. The third-order valence-electron chi connectivity index (χ3n) is 6.11. The quantitative estimate of drug-likeness (QED) is 0.407. The van der Waals surface area contributed by atoms with Gasteiger partial charge in [0.15, 0.2) is 6.10 Å². The van der Waals surface area contributed by atoms with Crippen molar-refractivity contribution >= 4 is 12.4 Å². The number of alkyl halides is 2. The maximum atomic E-state index is 13.2. The van der Waals surface area contributed by atoms with Gasteiger partial charge >= 0.3 is 12.1 Å². The molecular weight excluding hydrogens is 374 g/mol. The van der Waals surface area contributed by atoms with Gasteiger partial charge in [0.05, 0.1) is 17.6 Å². The van der Waals surface area contributed by atoms with Gasteiger partial charge in [0.2, 0.25) is 0 Å². The first kappa shape index (κ1) is 23.0. The highest BCUT2D eigenvalue weighted by Gasteiger charge is 2.55. The fourth-order valence-electron chi connectivity index (χ4n) is 5.01. The standard InChI is InChI=1S/C20H32F2O6/c1-5-14-6-15-7-18(2,25-4)12-20(8-14,9-15)17(24)28-16(10-26-13-23)11-27-19(3,21)22/h13-16H,5-12H2,1-4H3. The summed E-state index contributed by atoms with van der Waals surface area (Å²) in [6.07, 6.45) is 0.357. The molecule has 0 heterocycles. The van der Waals surface area contributed by atoms with Crippen LogP contribution in [0.5, 0.6) is 0 Å². The van der Waals surface area contributed by atoms with E-state index in [2.05, 4.69) is 16.4 Å². The van der Waals surface area contributed by atoms with Gasteiger partial charge in [0, 0.05) is 14.0 Å². The lowest BCUT2D eigenvalue weighted by Gasteiger charge is -2.52. The van der Waals surface area contributed by atoms with Crippen molar-refractivity contribution in [3.63, 3.8) is 0 Å². The summed E-state index contributed by atoms with van der Waals surface area (Å²) in [5.74, 6) is 0.320. The fraction of sp³-hybridized carbons (Fsp3) is 0.900. The van der Waals surface area contributed by atoms with Crippen molar-refractivity contribution in [2.75, 3.05) is 20.3 Å². The maximum Gasteiger partial charge on any atom is 0.353 e. The Labute approximate surface area is 165 Å². The van der Waals surface area contributed by atoms with Gasteiger partial charge in [-0.2, -0.15) is 8.78 Å². The Bertz CT molecular complexity index is 551. The van der Waals surface area contributed by atoms with Crippen molar-refractivity contribution in [3.05, 3.63) is 0 Å². The second-order valence-electron chi connectivity index (χ2n) is 8.68. The van der Waals surface area contributed by atoms with Crippen LogP contribution in [0.4, 0.5) is 8.78 Å². The molecule has 5 atom stereocenters. The molecular formula is C20H32F2O6. The Morgan fingerprint density at radius 2 is 2.00 bits per heavy atom. The molecule has 2 bridgehead atoms. The molecule has 0 amide bonds. The lowest BCUT2D eigenvalue weighted by Crippen LogP contribution is -2.53. The van der Waals surface area contributed by atoms with Crippen LogP contribution in [0.25, 0.3) is 0 Å². The van der Waals surface area contributed by atoms with Crippen LogP contribution < -0.4 is 0 Å². The van der Waals surface area contributed by atoms with Crippen LogP contribution in [0.1, 0.15) is 59.3 Å². The molecule has 0 radical (unpaired) electrons. The summed E-state index contributed by atoms with van der Waals surface area (Å²) in [5, 5.41) is 0. The van der Waals surface area contributed by atoms with E-state index in [-0.39, 0.29) is 13.1 Å². The van der Waals surface area contributed by atoms with E-state index in [1.807, 2.05) is 6.92 Å². The highest BCUT2D eigenvalue weighted by molar-refractivity contribution is 5.77. The van der Waals surface area contributed by atoms with Gasteiger partial charge in [-0.25, -0.2) is 0 Å². The van der Waals surface area contributed by atoms with Gasteiger partial charge in [0.1, 0.15) is 6.61 Å². The number of carbonyl (C=O) groups is 2. The maximum absolute atomic E-state index is 13.2. The average Bonchev–Trinajstić information content (AvgIpc) is 2.62. The molecule has 28 heavy (non-hydrogen) atoms. The lowest BCUT2D eigenvalue weighted by atomic mass is 9.55. The summed E-state index contributed by atoms with van der Waals surface area (Å²) in [4.78, 5) is 23.7. The molecule has 2 saturated carbocycles. The Kier molecular flexibility index (Phi) is 7.42. The van der Waals surface area contributed by atoms with Gasteiger partial charge in [-0.1, -0.05) is 13.3 Å². The van der Waals surface area contributed by atoms with Crippen molar-refractivity contribution in [3.8, 4) is 0 Å². The predicted molar refractivity (Wildman–Crippen MR) is 96.7 cm³/mol. The van der Waals surface area contributed by atoms with E-state index in [0.717, 1.165) is 19.3 Å². The molecule has 2 fully saturated rings. The number of esters is 1. The van der Waals surface area contributed by atoms with Crippen LogP contribution in [0.15, 0.2) is 0 Å². The number of rotatable bonds is 10. The van der Waals surface area contributed by atoms with Crippen LogP contribution >= 0.6 is 0 Å². The Morgan fingerprint density at radius 3 is 2.57 bits per heavy atom. The van der Waals surface area contributed by atoms with Crippen molar-refractivity contribution in [2.45, 2.75) is 77.1 Å². The van der Waals surface area contributed by atoms with Crippen LogP contribution in [-0.4, -0.2) is 50.6 Å². The van der Waals surface area contributed by atoms with Gasteiger partial charge in [-0.05, 0) is 50.9 Å². The normalized spacial score (nSPS) is 33.8. The SMILES string of the molecule is CCC1CC2CC(C)(OC)CC(C(=O)OC(COC=O)COC(C)(F)F)(C1)C2. The molecule has 0 spiro atoms. The molecule has 0 aromatic rings. The van der Waals surface area contributed by atoms with Crippen molar-refractivity contribution in [2.24, 2.45) is 17.3 Å². The summed E-state index contributed by atoms with van der Waals surface area (Å²) < 4.78 is 46.5. The van der Waals surface area contributed by atoms with E-state index in [1.165, 1.54) is 0 Å². The highest BCUT2D eigenvalue weighted by Crippen LogP contribution is 2.56. The Hall–Kier alpha value is -1.28. The molecule has 0 N–H and O–H groups in total. The van der Waals surface area contributed by atoms with E-state index >= 15 is 0 Å². The van der Waals surface area contributed by atoms with Crippen molar-refractivity contribution in [1.29, 1.82) is 0 Å². The zero-order valence-electron chi connectivity index (χ0n) is 17.2. The van der Waals surface area contributed by atoms with E-state index in [4.69, 9.17) is 9.47 Å². The van der Waals surface area contributed by atoms with Crippen molar-refractivity contribution in [1.82, 2.24) is 0 Å². The highest BCUT2D eigenvalue weighted by atomic mass is 19.3. The minimum atomic E-state index is -3.37. The average molecular weight is 406 g/mol. The molecule has 8 heteroatoms. The zero-order valence-corrected chi connectivity index (χ0v) is 17.2. The fourth-order valence-corrected chi connectivity index (χ4v) is 5.01. The van der Waals surface area contributed by atoms with Gasteiger partial charge in [-0.15, -0.1) is 0 Å². The second kappa shape index (κ2) is 9.03. The first-order valence-corrected chi connectivity index (χ1v) is 9.88. The topological polar surface area (TPSA) is 71.1 Å². The summed E-state index contributed by atoms with van der Waals surface area (Å²) in [5.41, 5.74) is -1.15. The predicted octanol–water partition coefficient (Wildman–Crippen LogP) is 3.71. The molecule has 2 aliphatic carbocycles. The smallest absolute Gasteiger partial charge is 0.353 e. The summed E-state index contributed by atoms with van der Waals surface area (Å²) in [6.45, 7) is 4.02. The largest absolute Gasteiger partial charge is 0.464 e. The lowest BCUT2D eigenvalue weighted by molar-refractivity contribution is -0.242. The molecule has 0 saturated heterocycles. The number of halogens is 2. The summed E-state index contributed by atoms with van der Waals surface area (Å²) >= 11 is 0. The molecule has 0 aliphatic heterocycles. The number of hydrogen-bond acceptors (Lipinski definition) is 6.